The van der Waals surface area contributed by atoms with Crippen molar-refractivity contribution in [2.45, 2.75) is 26.2 Å². The number of hydrogen-bond donors (Lipinski definition) is 1. The van der Waals surface area contributed by atoms with E-state index in [0.717, 1.165) is 25.1 Å². The van der Waals surface area contributed by atoms with Gasteiger partial charge in [0.2, 0.25) is 0 Å². The second-order valence-corrected chi connectivity index (χ2v) is 4.13. The molecule has 1 heterocycles. The van der Waals surface area contributed by atoms with E-state index in [0.29, 0.717) is 6.54 Å². The Morgan fingerprint density at radius 3 is 2.82 bits per heavy atom. The highest BCUT2D eigenvalue weighted by atomic mass is 15.1. The Labute approximate surface area is 102 Å². The molecule has 0 aliphatic heterocycles. The summed E-state index contributed by atoms with van der Waals surface area (Å²) < 4.78 is 2.18. The van der Waals surface area contributed by atoms with Gasteiger partial charge in [0.1, 0.15) is 5.82 Å². The molecule has 0 atom stereocenters. The molecule has 2 N–H and O–H groups in total. The van der Waals surface area contributed by atoms with Gasteiger partial charge in [-0.15, -0.1) is 0 Å². The number of aryl methyl sites for hydroxylation is 1. The van der Waals surface area contributed by atoms with Gasteiger partial charge in [-0.1, -0.05) is 25.1 Å². The van der Waals surface area contributed by atoms with Crippen LogP contribution in [-0.4, -0.2) is 16.1 Å². The van der Waals surface area contributed by atoms with E-state index < -0.39 is 0 Å². The van der Waals surface area contributed by atoms with Crippen molar-refractivity contribution in [2.24, 2.45) is 5.73 Å². The van der Waals surface area contributed by atoms with Gasteiger partial charge in [-0.25, -0.2) is 4.98 Å². The van der Waals surface area contributed by atoms with Crippen LogP contribution in [0.5, 0.6) is 0 Å². The second kappa shape index (κ2) is 5.64. The van der Waals surface area contributed by atoms with E-state index in [4.69, 9.17) is 5.73 Å². The summed E-state index contributed by atoms with van der Waals surface area (Å²) in [6.45, 7) is 2.85. The normalized spacial score (nSPS) is 10.7. The van der Waals surface area contributed by atoms with Crippen molar-refractivity contribution in [1.82, 2.24) is 9.55 Å². The number of imidazole rings is 1. The predicted octanol–water partition coefficient (Wildman–Crippen LogP) is 2.33. The third-order valence-corrected chi connectivity index (χ3v) is 2.86. The lowest BCUT2D eigenvalue weighted by Gasteiger charge is -2.12. The first-order valence-electron chi connectivity index (χ1n) is 6.17. The molecule has 0 saturated carbocycles. The molecule has 2 rings (SSSR count). The van der Waals surface area contributed by atoms with Crippen molar-refractivity contribution in [2.75, 3.05) is 6.54 Å². The largest absolute Gasteiger partial charge is 0.330 e. The molecule has 2 aromatic rings. The quantitative estimate of drug-likeness (QED) is 0.855. The van der Waals surface area contributed by atoms with Crippen molar-refractivity contribution in [3.8, 4) is 5.69 Å². The van der Waals surface area contributed by atoms with Crippen molar-refractivity contribution in [3.63, 3.8) is 0 Å². The fourth-order valence-electron chi connectivity index (χ4n) is 2.07. The van der Waals surface area contributed by atoms with E-state index in [2.05, 4.69) is 40.7 Å². The summed E-state index contributed by atoms with van der Waals surface area (Å²) in [6.07, 6.45) is 6.91. The zero-order valence-corrected chi connectivity index (χ0v) is 10.3. The summed E-state index contributed by atoms with van der Waals surface area (Å²) in [6, 6.07) is 8.39. The molecule has 0 aliphatic rings. The van der Waals surface area contributed by atoms with Crippen LogP contribution in [0.25, 0.3) is 5.69 Å². The number of aromatic nitrogens is 2. The van der Waals surface area contributed by atoms with E-state index >= 15 is 0 Å². The number of rotatable bonds is 5. The molecule has 0 amide bonds. The topological polar surface area (TPSA) is 43.8 Å². The predicted molar refractivity (Wildman–Crippen MR) is 70.3 cm³/mol. The van der Waals surface area contributed by atoms with Gasteiger partial charge in [0.15, 0.2) is 0 Å². The highest BCUT2D eigenvalue weighted by Crippen LogP contribution is 2.17. The molecule has 0 aliphatic carbocycles. The van der Waals surface area contributed by atoms with Crippen molar-refractivity contribution in [3.05, 3.63) is 48.0 Å². The van der Waals surface area contributed by atoms with Gasteiger partial charge < -0.3 is 10.3 Å². The third kappa shape index (κ3) is 2.56. The molecule has 1 aromatic carbocycles. The Morgan fingerprint density at radius 1 is 1.24 bits per heavy atom. The average Bonchev–Trinajstić information content (AvgIpc) is 2.79. The number of para-hydroxylation sites is 1. The van der Waals surface area contributed by atoms with Crippen LogP contribution in [0.4, 0.5) is 0 Å². The van der Waals surface area contributed by atoms with E-state index in [1.807, 2.05) is 12.4 Å². The maximum Gasteiger partial charge on any atom is 0.113 e. The van der Waals surface area contributed by atoms with Gasteiger partial charge in [0, 0.05) is 24.5 Å². The molecule has 0 unspecified atom stereocenters. The van der Waals surface area contributed by atoms with Crippen molar-refractivity contribution >= 4 is 0 Å². The van der Waals surface area contributed by atoms with E-state index in [1.54, 1.807) is 0 Å². The third-order valence-electron chi connectivity index (χ3n) is 2.86. The minimum Gasteiger partial charge on any atom is -0.330 e. The maximum atomic E-state index is 5.65. The Morgan fingerprint density at radius 2 is 2.06 bits per heavy atom. The number of nitrogens with two attached hydrogens (primary N) is 1. The molecule has 0 radical (unpaired) electrons. The molecule has 3 heteroatoms. The first-order chi connectivity index (χ1) is 8.36. The zero-order chi connectivity index (χ0) is 12.1. The molecule has 0 spiro atoms. The molecule has 17 heavy (non-hydrogen) atoms. The molecular formula is C14H19N3. The highest BCUT2D eigenvalue weighted by molar-refractivity contribution is 5.42. The van der Waals surface area contributed by atoms with Gasteiger partial charge >= 0.3 is 0 Å². The van der Waals surface area contributed by atoms with Crippen LogP contribution >= 0.6 is 0 Å². The highest BCUT2D eigenvalue weighted by Gasteiger charge is 2.07. The summed E-state index contributed by atoms with van der Waals surface area (Å²) in [5.41, 5.74) is 8.14. The van der Waals surface area contributed by atoms with Crippen molar-refractivity contribution < 1.29 is 0 Å². The van der Waals surface area contributed by atoms with Crippen LogP contribution in [0.2, 0.25) is 0 Å². The molecule has 0 fully saturated rings. The summed E-state index contributed by atoms with van der Waals surface area (Å²) in [7, 11) is 0. The van der Waals surface area contributed by atoms with Crippen LogP contribution in [0, 0.1) is 0 Å². The second-order valence-electron chi connectivity index (χ2n) is 4.13. The first kappa shape index (κ1) is 11.9. The fourth-order valence-corrected chi connectivity index (χ4v) is 2.07. The lowest BCUT2D eigenvalue weighted by atomic mass is 10.1. The monoisotopic (exact) mass is 229 g/mol. The molecule has 90 valence electrons. The van der Waals surface area contributed by atoms with E-state index in [9.17, 15) is 0 Å². The molecular weight excluding hydrogens is 210 g/mol. The molecule has 3 nitrogen and oxygen atoms in total. The van der Waals surface area contributed by atoms with Crippen molar-refractivity contribution in [1.29, 1.82) is 0 Å². The number of nitrogens with zero attached hydrogens (tertiary/aromatic N) is 2. The van der Waals surface area contributed by atoms with E-state index in [-0.39, 0.29) is 0 Å². The lowest BCUT2D eigenvalue weighted by molar-refractivity contribution is 0.802. The van der Waals surface area contributed by atoms with Gasteiger partial charge in [0.05, 0.1) is 0 Å². The van der Waals surface area contributed by atoms with Gasteiger partial charge in [-0.3, -0.25) is 0 Å². The standard InChI is InChI=1S/C14H19N3/c1-2-5-14-16-10-11-17(14)13-7-4-3-6-12(13)8-9-15/h3-4,6-7,10-11H,2,5,8-9,15H2,1H3. The number of benzene rings is 1. The minimum absolute atomic E-state index is 0.675. The Balaban J connectivity index is 2.41. The Hall–Kier alpha value is -1.61. The van der Waals surface area contributed by atoms with Crippen LogP contribution in [0.1, 0.15) is 24.7 Å². The average molecular weight is 229 g/mol. The fraction of sp³-hybridized carbons (Fsp3) is 0.357. The van der Waals surface area contributed by atoms with Crippen LogP contribution in [0.3, 0.4) is 0 Å². The first-order valence-corrected chi connectivity index (χ1v) is 6.17. The summed E-state index contributed by atoms with van der Waals surface area (Å²) in [5, 5.41) is 0. The number of hydrogen-bond acceptors (Lipinski definition) is 2. The van der Waals surface area contributed by atoms with Crippen LogP contribution in [-0.2, 0) is 12.8 Å². The Bertz CT molecular complexity index is 474. The van der Waals surface area contributed by atoms with Gasteiger partial charge in [0.25, 0.3) is 0 Å². The lowest BCUT2D eigenvalue weighted by Crippen LogP contribution is -2.08. The van der Waals surface area contributed by atoms with Gasteiger partial charge in [-0.05, 0) is 31.0 Å². The molecule has 1 aromatic heterocycles. The minimum atomic E-state index is 0.675. The smallest absolute Gasteiger partial charge is 0.113 e. The SMILES string of the molecule is CCCc1nccn1-c1ccccc1CCN. The maximum absolute atomic E-state index is 5.65. The Kier molecular flexibility index (Phi) is 3.94. The zero-order valence-electron chi connectivity index (χ0n) is 10.3. The summed E-state index contributed by atoms with van der Waals surface area (Å²) in [4.78, 5) is 4.42. The summed E-state index contributed by atoms with van der Waals surface area (Å²) in [5.74, 6) is 1.12. The van der Waals surface area contributed by atoms with Crippen LogP contribution in [0.15, 0.2) is 36.7 Å². The van der Waals surface area contributed by atoms with E-state index in [1.165, 1.54) is 11.3 Å². The van der Waals surface area contributed by atoms with Crippen LogP contribution < -0.4 is 5.73 Å². The molecule has 0 saturated heterocycles. The summed E-state index contributed by atoms with van der Waals surface area (Å²) >= 11 is 0. The van der Waals surface area contributed by atoms with Gasteiger partial charge in [-0.2, -0.15) is 0 Å². The molecule has 0 bridgehead atoms.